The third kappa shape index (κ3) is 4.43. The van der Waals surface area contributed by atoms with Crippen LogP contribution >= 0.6 is 0 Å². The maximum absolute atomic E-state index is 13.7. The standard InChI is InChI=1S/C21H20FN3O5S/c22-17-4-2-1-3-13(17)9-10-31(29,30)24-15-5-6-16-14(11-15)12-25(21(16)28)18-7-8-19(26)23-20(18)27/h1-6,11,18,24H,7-10,12H2,(H,23,26,27). The summed E-state index contributed by atoms with van der Waals surface area (Å²) in [5.74, 6) is -1.96. The number of hydrogen-bond donors (Lipinski definition) is 2. The van der Waals surface area contributed by atoms with E-state index >= 15 is 0 Å². The van der Waals surface area contributed by atoms with Gasteiger partial charge < -0.3 is 4.90 Å². The second-order valence-corrected chi connectivity index (χ2v) is 9.38. The summed E-state index contributed by atoms with van der Waals surface area (Å²) >= 11 is 0. The quantitative estimate of drug-likeness (QED) is 0.656. The number of anilines is 1. The van der Waals surface area contributed by atoms with Crippen LogP contribution in [0.25, 0.3) is 0 Å². The molecule has 0 spiro atoms. The molecule has 0 aliphatic carbocycles. The van der Waals surface area contributed by atoms with Crippen LogP contribution in [0.3, 0.4) is 0 Å². The molecule has 2 aromatic rings. The minimum atomic E-state index is -3.75. The van der Waals surface area contributed by atoms with Gasteiger partial charge in [0, 0.05) is 24.2 Å². The fraction of sp³-hybridized carbons (Fsp3) is 0.286. The monoisotopic (exact) mass is 445 g/mol. The van der Waals surface area contributed by atoms with Gasteiger partial charge in [0.1, 0.15) is 11.9 Å². The van der Waals surface area contributed by atoms with Gasteiger partial charge in [-0.1, -0.05) is 18.2 Å². The predicted molar refractivity (Wildman–Crippen MR) is 110 cm³/mol. The van der Waals surface area contributed by atoms with E-state index in [9.17, 15) is 27.2 Å². The lowest BCUT2D eigenvalue weighted by atomic mass is 10.0. The summed E-state index contributed by atoms with van der Waals surface area (Å²) in [6, 6.07) is 9.80. The molecule has 0 bridgehead atoms. The van der Waals surface area contributed by atoms with Crippen LogP contribution < -0.4 is 10.0 Å². The maximum Gasteiger partial charge on any atom is 0.255 e. The third-order valence-electron chi connectivity index (χ3n) is 5.39. The summed E-state index contributed by atoms with van der Waals surface area (Å²) in [6.07, 6.45) is 0.429. The molecule has 1 unspecified atom stereocenters. The van der Waals surface area contributed by atoms with Crippen molar-refractivity contribution in [2.75, 3.05) is 10.5 Å². The van der Waals surface area contributed by atoms with Crippen molar-refractivity contribution in [2.45, 2.75) is 31.8 Å². The van der Waals surface area contributed by atoms with Gasteiger partial charge in [-0.3, -0.25) is 24.4 Å². The highest BCUT2D eigenvalue weighted by Crippen LogP contribution is 2.29. The van der Waals surface area contributed by atoms with Crippen LogP contribution in [0.2, 0.25) is 0 Å². The molecule has 162 valence electrons. The average Bonchev–Trinajstić information content (AvgIpc) is 3.03. The summed E-state index contributed by atoms with van der Waals surface area (Å²) in [7, 11) is -3.75. The number of carbonyl (C=O) groups is 3. The molecule has 3 amide bonds. The first kappa shape index (κ1) is 21.0. The molecule has 1 saturated heterocycles. The van der Waals surface area contributed by atoms with Crippen LogP contribution in [-0.2, 0) is 32.6 Å². The molecule has 8 nitrogen and oxygen atoms in total. The lowest BCUT2D eigenvalue weighted by Gasteiger charge is -2.29. The van der Waals surface area contributed by atoms with Crippen LogP contribution in [0.5, 0.6) is 0 Å². The van der Waals surface area contributed by atoms with Gasteiger partial charge in [-0.25, -0.2) is 12.8 Å². The van der Waals surface area contributed by atoms with E-state index in [1.165, 1.54) is 35.2 Å². The first-order valence-electron chi connectivity index (χ1n) is 9.75. The Balaban J connectivity index is 1.45. The number of fused-ring (bicyclic) bond motifs is 1. The second kappa shape index (κ2) is 8.10. The smallest absolute Gasteiger partial charge is 0.255 e. The summed E-state index contributed by atoms with van der Waals surface area (Å²) in [4.78, 5) is 37.6. The number of nitrogens with one attached hydrogen (secondary N) is 2. The van der Waals surface area contributed by atoms with Crippen molar-refractivity contribution in [3.63, 3.8) is 0 Å². The van der Waals surface area contributed by atoms with E-state index in [2.05, 4.69) is 10.0 Å². The number of amides is 3. The van der Waals surface area contributed by atoms with Gasteiger partial charge in [0.2, 0.25) is 21.8 Å². The number of aryl methyl sites for hydroxylation is 1. The number of benzene rings is 2. The van der Waals surface area contributed by atoms with E-state index in [1.807, 2.05) is 0 Å². The molecule has 4 rings (SSSR count). The molecule has 0 saturated carbocycles. The van der Waals surface area contributed by atoms with Gasteiger partial charge in [-0.15, -0.1) is 0 Å². The highest BCUT2D eigenvalue weighted by atomic mass is 32.2. The van der Waals surface area contributed by atoms with Crippen LogP contribution in [0, 0.1) is 5.82 Å². The van der Waals surface area contributed by atoms with Gasteiger partial charge in [-0.2, -0.15) is 0 Å². The normalized spacial score (nSPS) is 18.7. The molecule has 1 atom stereocenters. The first-order valence-corrected chi connectivity index (χ1v) is 11.4. The number of imide groups is 1. The number of nitrogens with zero attached hydrogens (tertiary/aromatic N) is 1. The number of piperidine rings is 1. The Morgan fingerprint density at radius 3 is 2.65 bits per heavy atom. The minimum Gasteiger partial charge on any atom is -0.322 e. The largest absolute Gasteiger partial charge is 0.322 e. The first-order chi connectivity index (χ1) is 14.7. The van der Waals surface area contributed by atoms with Crippen LogP contribution in [0.1, 0.15) is 34.3 Å². The summed E-state index contributed by atoms with van der Waals surface area (Å²) in [6.45, 7) is 0.144. The molecule has 1 fully saturated rings. The summed E-state index contributed by atoms with van der Waals surface area (Å²) in [5.41, 5.74) is 1.57. The van der Waals surface area contributed by atoms with Crippen molar-refractivity contribution < 1.29 is 27.2 Å². The SMILES string of the molecule is O=C1CCC(N2Cc3cc(NS(=O)(=O)CCc4ccccc4F)ccc3C2=O)C(=O)N1. The molecule has 2 heterocycles. The van der Waals surface area contributed by atoms with Crippen molar-refractivity contribution in [2.24, 2.45) is 0 Å². The van der Waals surface area contributed by atoms with Crippen molar-refractivity contribution in [1.29, 1.82) is 0 Å². The average molecular weight is 445 g/mol. The highest BCUT2D eigenvalue weighted by molar-refractivity contribution is 7.92. The Morgan fingerprint density at radius 1 is 1.13 bits per heavy atom. The molecule has 2 aliphatic heterocycles. The van der Waals surface area contributed by atoms with E-state index in [0.29, 0.717) is 16.7 Å². The number of halogens is 1. The van der Waals surface area contributed by atoms with Gasteiger partial charge >= 0.3 is 0 Å². The number of sulfonamides is 1. The number of rotatable bonds is 6. The Kier molecular flexibility index (Phi) is 5.48. The van der Waals surface area contributed by atoms with E-state index in [-0.39, 0.29) is 49.1 Å². The zero-order valence-electron chi connectivity index (χ0n) is 16.4. The van der Waals surface area contributed by atoms with Crippen molar-refractivity contribution in [3.05, 3.63) is 65.0 Å². The Morgan fingerprint density at radius 2 is 1.90 bits per heavy atom. The van der Waals surface area contributed by atoms with E-state index in [0.717, 1.165) is 0 Å². The van der Waals surface area contributed by atoms with Crippen molar-refractivity contribution >= 4 is 33.4 Å². The van der Waals surface area contributed by atoms with Crippen LogP contribution in [0.4, 0.5) is 10.1 Å². The van der Waals surface area contributed by atoms with Crippen LogP contribution in [0.15, 0.2) is 42.5 Å². The fourth-order valence-corrected chi connectivity index (χ4v) is 4.89. The molecule has 0 radical (unpaired) electrons. The maximum atomic E-state index is 13.7. The predicted octanol–water partition coefficient (Wildman–Crippen LogP) is 1.57. The summed E-state index contributed by atoms with van der Waals surface area (Å²) in [5, 5.41) is 2.24. The third-order valence-corrected chi connectivity index (χ3v) is 6.68. The minimum absolute atomic E-state index is 0.0225. The van der Waals surface area contributed by atoms with E-state index in [4.69, 9.17) is 0 Å². The van der Waals surface area contributed by atoms with Crippen molar-refractivity contribution in [3.8, 4) is 0 Å². The topological polar surface area (TPSA) is 113 Å². The van der Waals surface area contributed by atoms with Crippen molar-refractivity contribution in [1.82, 2.24) is 10.2 Å². The summed E-state index contributed by atoms with van der Waals surface area (Å²) < 4.78 is 41.1. The molecule has 0 aromatic heterocycles. The Labute approximate surface area is 178 Å². The van der Waals surface area contributed by atoms with Gasteiger partial charge in [0.15, 0.2) is 0 Å². The molecular weight excluding hydrogens is 425 g/mol. The molecule has 2 N–H and O–H groups in total. The van der Waals surface area contributed by atoms with Gasteiger partial charge in [0.25, 0.3) is 5.91 Å². The fourth-order valence-electron chi connectivity index (χ4n) is 3.81. The van der Waals surface area contributed by atoms with E-state index in [1.54, 1.807) is 12.1 Å². The number of hydrogen-bond acceptors (Lipinski definition) is 5. The molecular formula is C21H20FN3O5S. The van der Waals surface area contributed by atoms with Crippen LogP contribution in [-0.4, -0.2) is 42.8 Å². The zero-order valence-corrected chi connectivity index (χ0v) is 17.2. The Bertz CT molecular complexity index is 1180. The molecule has 10 heteroatoms. The second-order valence-electron chi connectivity index (χ2n) is 7.53. The van der Waals surface area contributed by atoms with Gasteiger partial charge in [-0.05, 0) is 48.2 Å². The lowest BCUT2D eigenvalue weighted by molar-refractivity contribution is -0.136. The molecule has 2 aromatic carbocycles. The Hall–Kier alpha value is -3.27. The molecule has 2 aliphatic rings. The van der Waals surface area contributed by atoms with E-state index < -0.39 is 27.8 Å². The van der Waals surface area contributed by atoms with Gasteiger partial charge in [0.05, 0.1) is 5.75 Å². The zero-order chi connectivity index (χ0) is 22.2. The lowest BCUT2D eigenvalue weighted by Crippen LogP contribution is -2.52. The molecule has 31 heavy (non-hydrogen) atoms. The number of carbonyl (C=O) groups excluding carboxylic acids is 3. The highest BCUT2D eigenvalue weighted by Gasteiger charge is 2.39.